The van der Waals surface area contributed by atoms with E-state index in [-0.39, 0.29) is 6.61 Å². The van der Waals surface area contributed by atoms with Crippen molar-refractivity contribution >= 4 is 6.29 Å². The van der Waals surface area contributed by atoms with E-state index >= 15 is 0 Å². The van der Waals surface area contributed by atoms with E-state index in [9.17, 15) is 4.79 Å². The number of methoxy groups -OCH3 is 1. The highest BCUT2D eigenvalue weighted by Crippen LogP contribution is 1.69. The summed E-state index contributed by atoms with van der Waals surface area (Å²) < 4.78 is 4.51. The van der Waals surface area contributed by atoms with Crippen molar-refractivity contribution in [1.82, 2.24) is 0 Å². The number of hydrogen-bond donors (Lipinski definition) is 1. The molecule has 3 heteroatoms. The predicted octanol–water partition coefficient (Wildman–Crippen LogP) is -0.930. The number of nitrogens with two attached hydrogens (primary N) is 1. The van der Waals surface area contributed by atoms with Crippen molar-refractivity contribution in [3.8, 4) is 0 Å². The Labute approximate surface area is 42.4 Å². The van der Waals surface area contributed by atoms with Gasteiger partial charge in [-0.05, 0) is 0 Å². The van der Waals surface area contributed by atoms with Gasteiger partial charge in [-0.25, -0.2) is 0 Å². The molecule has 0 aromatic rings. The highest BCUT2D eigenvalue weighted by Gasteiger charge is 1.95. The first-order valence-corrected chi connectivity index (χ1v) is 1.93. The van der Waals surface area contributed by atoms with Crippen LogP contribution in [0.2, 0.25) is 0 Å². The SMILES string of the molecule is COCC(N)[C]=O. The molecule has 1 radical (unpaired) electrons. The van der Waals surface area contributed by atoms with Gasteiger partial charge in [0.2, 0.25) is 6.29 Å². The number of rotatable bonds is 3. The fourth-order valence-electron chi connectivity index (χ4n) is 0.214. The zero-order valence-electron chi connectivity index (χ0n) is 4.18. The van der Waals surface area contributed by atoms with Crippen LogP contribution in [0.3, 0.4) is 0 Å². The number of carbonyl (C=O) groups excluding carboxylic acids is 1. The molecule has 1 unspecified atom stereocenters. The zero-order valence-corrected chi connectivity index (χ0v) is 4.18. The normalized spacial score (nSPS) is 13.4. The molecule has 0 spiro atoms. The smallest absolute Gasteiger partial charge is 0.219 e. The Balaban J connectivity index is 2.98. The van der Waals surface area contributed by atoms with E-state index in [1.54, 1.807) is 6.29 Å². The Kier molecular flexibility index (Phi) is 3.55. The summed E-state index contributed by atoms with van der Waals surface area (Å²) >= 11 is 0. The van der Waals surface area contributed by atoms with Gasteiger partial charge in [-0.3, -0.25) is 4.79 Å². The van der Waals surface area contributed by atoms with E-state index in [4.69, 9.17) is 5.73 Å². The molecular weight excluding hydrogens is 94.0 g/mol. The van der Waals surface area contributed by atoms with E-state index in [1.807, 2.05) is 0 Å². The van der Waals surface area contributed by atoms with E-state index < -0.39 is 6.04 Å². The quantitative estimate of drug-likeness (QED) is 0.501. The number of ether oxygens (including phenoxy) is 1. The van der Waals surface area contributed by atoms with Crippen molar-refractivity contribution in [1.29, 1.82) is 0 Å². The Hall–Kier alpha value is -0.410. The summed E-state index contributed by atoms with van der Waals surface area (Å²) in [5.74, 6) is 0. The Morgan fingerprint density at radius 2 is 2.57 bits per heavy atom. The van der Waals surface area contributed by atoms with Gasteiger partial charge in [0.15, 0.2) is 0 Å². The molecule has 7 heavy (non-hydrogen) atoms. The second-order valence-corrected chi connectivity index (χ2v) is 1.18. The number of hydrogen-bond acceptors (Lipinski definition) is 3. The molecule has 0 fully saturated rings. The van der Waals surface area contributed by atoms with Crippen molar-refractivity contribution in [3.63, 3.8) is 0 Å². The van der Waals surface area contributed by atoms with Gasteiger partial charge in [0.05, 0.1) is 12.6 Å². The van der Waals surface area contributed by atoms with Crippen LogP contribution in [0, 0.1) is 0 Å². The van der Waals surface area contributed by atoms with E-state index in [1.165, 1.54) is 7.11 Å². The summed E-state index contributed by atoms with van der Waals surface area (Å²) in [5.41, 5.74) is 5.03. The summed E-state index contributed by atoms with van der Waals surface area (Å²) in [6.07, 6.45) is 1.57. The maximum absolute atomic E-state index is 9.56. The minimum absolute atomic E-state index is 0.253. The van der Waals surface area contributed by atoms with E-state index in [2.05, 4.69) is 4.74 Å². The molecule has 0 saturated carbocycles. The lowest BCUT2D eigenvalue weighted by atomic mass is 10.4. The topological polar surface area (TPSA) is 52.3 Å². The summed E-state index contributed by atoms with van der Waals surface area (Å²) in [5, 5.41) is 0. The Bertz CT molecular complexity index is 55.7. The molecule has 0 saturated heterocycles. The zero-order chi connectivity index (χ0) is 5.70. The second-order valence-electron chi connectivity index (χ2n) is 1.18. The van der Waals surface area contributed by atoms with Gasteiger partial charge in [-0.2, -0.15) is 0 Å². The van der Waals surface area contributed by atoms with Crippen LogP contribution in [0.5, 0.6) is 0 Å². The third-order valence-electron chi connectivity index (χ3n) is 0.498. The van der Waals surface area contributed by atoms with Crippen LogP contribution in [0.25, 0.3) is 0 Å². The summed E-state index contributed by atoms with van der Waals surface area (Å²) in [6, 6.07) is -0.579. The molecule has 0 aromatic carbocycles. The molecule has 0 bridgehead atoms. The van der Waals surface area contributed by atoms with Gasteiger partial charge < -0.3 is 10.5 Å². The Morgan fingerprint density at radius 3 is 2.71 bits per heavy atom. The maximum Gasteiger partial charge on any atom is 0.219 e. The van der Waals surface area contributed by atoms with Gasteiger partial charge in [-0.15, -0.1) is 0 Å². The van der Waals surface area contributed by atoms with Crippen molar-refractivity contribution in [2.24, 2.45) is 5.73 Å². The fraction of sp³-hybridized carbons (Fsp3) is 0.750. The van der Waals surface area contributed by atoms with Crippen LogP contribution in [-0.2, 0) is 9.53 Å². The monoisotopic (exact) mass is 102 g/mol. The third-order valence-corrected chi connectivity index (χ3v) is 0.498. The third kappa shape index (κ3) is 3.42. The summed E-state index contributed by atoms with van der Waals surface area (Å²) in [4.78, 5) is 9.56. The summed E-state index contributed by atoms with van der Waals surface area (Å²) in [6.45, 7) is 0.253. The predicted molar refractivity (Wildman–Crippen MR) is 25.5 cm³/mol. The average molecular weight is 102 g/mol. The Morgan fingerprint density at radius 1 is 2.00 bits per heavy atom. The molecule has 1 atom stereocenters. The average Bonchev–Trinajstić information content (AvgIpc) is 1.68. The van der Waals surface area contributed by atoms with Crippen molar-refractivity contribution in [3.05, 3.63) is 0 Å². The highest BCUT2D eigenvalue weighted by atomic mass is 16.5. The lowest BCUT2D eigenvalue weighted by Gasteiger charge is -1.96. The molecule has 0 heterocycles. The molecular formula is C4H8NO2. The first-order chi connectivity index (χ1) is 3.31. The van der Waals surface area contributed by atoms with Crippen LogP contribution in [-0.4, -0.2) is 26.0 Å². The molecule has 0 aromatic heterocycles. The molecule has 2 N–H and O–H groups in total. The fourth-order valence-corrected chi connectivity index (χ4v) is 0.214. The first kappa shape index (κ1) is 6.59. The summed E-state index contributed by atoms with van der Waals surface area (Å²) in [7, 11) is 1.48. The molecule has 0 aliphatic carbocycles. The van der Waals surface area contributed by atoms with Gasteiger partial charge in [0, 0.05) is 7.11 Å². The van der Waals surface area contributed by atoms with Crippen LogP contribution in [0.1, 0.15) is 0 Å². The lowest BCUT2D eigenvalue weighted by Crippen LogP contribution is -2.26. The van der Waals surface area contributed by atoms with Crippen LogP contribution in [0.15, 0.2) is 0 Å². The van der Waals surface area contributed by atoms with Crippen LogP contribution < -0.4 is 5.73 Å². The van der Waals surface area contributed by atoms with Crippen molar-refractivity contribution in [2.45, 2.75) is 6.04 Å². The van der Waals surface area contributed by atoms with Gasteiger partial charge >= 0.3 is 0 Å². The minimum Gasteiger partial charge on any atom is -0.383 e. The van der Waals surface area contributed by atoms with E-state index in [0.717, 1.165) is 0 Å². The van der Waals surface area contributed by atoms with E-state index in [0.29, 0.717) is 0 Å². The highest BCUT2D eigenvalue weighted by molar-refractivity contribution is 5.57. The molecule has 0 amide bonds. The molecule has 41 valence electrons. The lowest BCUT2D eigenvalue weighted by molar-refractivity contribution is 0.195. The standard InChI is InChI=1S/C4H8NO2/c1-7-3-4(5)2-6/h4H,3,5H2,1H3. The minimum atomic E-state index is -0.579. The molecule has 0 rings (SSSR count). The first-order valence-electron chi connectivity index (χ1n) is 1.93. The van der Waals surface area contributed by atoms with Gasteiger partial charge in [-0.1, -0.05) is 0 Å². The molecule has 0 aliphatic heterocycles. The molecule has 3 nitrogen and oxygen atoms in total. The maximum atomic E-state index is 9.56. The van der Waals surface area contributed by atoms with Crippen LogP contribution in [0.4, 0.5) is 0 Å². The van der Waals surface area contributed by atoms with Crippen molar-refractivity contribution < 1.29 is 9.53 Å². The van der Waals surface area contributed by atoms with Crippen LogP contribution >= 0.6 is 0 Å². The van der Waals surface area contributed by atoms with Crippen molar-refractivity contribution in [2.75, 3.05) is 13.7 Å². The largest absolute Gasteiger partial charge is 0.383 e. The van der Waals surface area contributed by atoms with Gasteiger partial charge in [0.25, 0.3) is 0 Å². The second kappa shape index (κ2) is 3.77. The van der Waals surface area contributed by atoms with Gasteiger partial charge in [0.1, 0.15) is 0 Å². The molecule has 0 aliphatic rings.